The topological polar surface area (TPSA) is 72.6 Å². The monoisotopic (exact) mass is 286 g/mol. The zero-order valence-electron chi connectivity index (χ0n) is 11.9. The van der Waals surface area contributed by atoms with Gasteiger partial charge in [0.05, 0.1) is 23.4 Å². The lowest BCUT2D eigenvalue weighted by Gasteiger charge is -2.46. The molecule has 1 saturated carbocycles. The van der Waals surface area contributed by atoms with E-state index in [0.717, 1.165) is 0 Å². The Morgan fingerprint density at radius 3 is 2.42 bits per heavy atom. The molecule has 19 heavy (non-hydrogen) atoms. The van der Waals surface area contributed by atoms with Crippen LogP contribution >= 0.6 is 12.2 Å². The van der Waals surface area contributed by atoms with E-state index in [1.807, 2.05) is 0 Å². The maximum Gasteiger partial charge on any atom is 0.310 e. The molecule has 5 nitrogen and oxygen atoms in total. The smallest absolute Gasteiger partial charge is 0.310 e. The third-order valence-electron chi connectivity index (χ3n) is 3.77. The molecule has 0 aromatic carbocycles. The van der Waals surface area contributed by atoms with Crippen molar-refractivity contribution in [1.82, 2.24) is 4.90 Å². The fraction of sp³-hybridized carbons (Fsp3) is 0.769. The quantitative estimate of drug-likeness (QED) is 0.602. The highest BCUT2D eigenvalue weighted by Crippen LogP contribution is 2.47. The van der Waals surface area contributed by atoms with Crippen molar-refractivity contribution in [2.45, 2.75) is 26.7 Å². The maximum absolute atomic E-state index is 12.5. The van der Waals surface area contributed by atoms with Crippen LogP contribution in [0.2, 0.25) is 0 Å². The Morgan fingerprint density at radius 1 is 1.53 bits per heavy atom. The molecule has 1 atom stereocenters. The molecule has 1 fully saturated rings. The molecule has 0 saturated heterocycles. The normalized spacial score (nSPS) is 27.1. The van der Waals surface area contributed by atoms with Crippen molar-refractivity contribution < 1.29 is 14.3 Å². The second-order valence-electron chi connectivity index (χ2n) is 5.57. The number of carbonyl (C=O) groups excluding carboxylic acids is 2. The number of methoxy groups -OCH3 is 1. The molecule has 0 aromatic heterocycles. The van der Waals surface area contributed by atoms with Gasteiger partial charge in [-0.1, -0.05) is 26.1 Å². The molecule has 0 spiro atoms. The lowest BCUT2D eigenvalue weighted by molar-refractivity contribution is -0.148. The molecule has 0 aromatic rings. The number of carbonyl (C=O) groups is 2. The first-order chi connectivity index (χ1) is 8.74. The summed E-state index contributed by atoms with van der Waals surface area (Å²) < 4.78 is 4.66. The molecule has 0 bridgehead atoms. The second-order valence-corrected chi connectivity index (χ2v) is 6.01. The average molecular weight is 286 g/mol. The molecule has 6 heteroatoms. The van der Waals surface area contributed by atoms with Crippen molar-refractivity contribution in [1.29, 1.82) is 0 Å². The second kappa shape index (κ2) is 5.86. The van der Waals surface area contributed by atoms with Gasteiger partial charge in [0.15, 0.2) is 0 Å². The molecule has 1 aliphatic rings. The number of amides is 1. The first-order valence-electron chi connectivity index (χ1n) is 6.38. The first kappa shape index (κ1) is 15.9. The van der Waals surface area contributed by atoms with Crippen LogP contribution in [0.15, 0.2) is 0 Å². The van der Waals surface area contributed by atoms with E-state index in [-0.39, 0.29) is 22.8 Å². The van der Waals surface area contributed by atoms with Gasteiger partial charge in [-0.25, -0.2) is 0 Å². The van der Waals surface area contributed by atoms with Gasteiger partial charge in [0, 0.05) is 13.6 Å². The predicted octanol–water partition coefficient (Wildman–Crippen LogP) is 0.956. The van der Waals surface area contributed by atoms with Crippen molar-refractivity contribution in [3.05, 3.63) is 0 Å². The summed E-state index contributed by atoms with van der Waals surface area (Å²) in [5.41, 5.74) is 5.03. The number of rotatable bonds is 5. The number of hydrogen-bond donors (Lipinski definition) is 1. The van der Waals surface area contributed by atoms with Crippen LogP contribution in [-0.2, 0) is 14.3 Å². The van der Waals surface area contributed by atoms with Gasteiger partial charge in [-0.15, -0.1) is 0 Å². The summed E-state index contributed by atoms with van der Waals surface area (Å²) in [5, 5.41) is 0. The van der Waals surface area contributed by atoms with Crippen LogP contribution in [0.5, 0.6) is 0 Å². The predicted molar refractivity (Wildman–Crippen MR) is 76.4 cm³/mol. The van der Waals surface area contributed by atoms with Gasteiger partial charge in [0.2, 0.25) is 5.91 Å². The summed E-state index contributed by atoms with van der Waals surface area (Å²) in [6, 6.07) is 0. The number of thiocarbonyl (C=S) groups is 1. The number of nitrogens with two attached hydrogens (primary N) is 1. The van der Waals surface area contributed by atoms with Crippen molar-refractivity contribution >= 4 is 29.1 Å². The zero-order chi connectivity index (χ0) is 14.8. The third-order valence-corrected chi connectivity index (χ3v) is 4.16. The summed E-state index contributed by atoms with van der Waals surface area (Å²) in [7, 11) is 3.01. The van der Waals surface area contributed by atoms with Gasteiger partial charge in [-0.05, 0) is 18.8 Å². The molecule has 2 N–H and O–H groups in total. The third kappa shape index (κ3) is 3.05. The lowest BCUT2D eigenvalue weighted by Crippen LogP contribution is -2.56. The summed E-state index contributed by atoms with van der Waals surface area (Å²) in [6.45, 7) is 4.11. The molecule has 1 rings (SSSR count). The van der Waals surface area contributed by atoms with Gasteiger partial charge < -0.3 is 15.4 Å². The SMILES string of the molecule is COC(=O)C(C)CN(C)C(=O)C1(C(N)=S)CC(C)C1. The Hall–Kier alpha value is -1.17. The minimum atomic E-state index is -0.709. The van der Waals surface area contributed by atoms with E-state index in [2.05, 4.69) is 11.7 Å². The summed E-state index contributed by atoms with van der Waals surface area (Å²) in [4.78, 5) is 25.7. The Balaban J connectivity index is 2.71. The van der Waals surface area contributed by atoms with E-state index >= 15 is 0 Å². The molecule has 0 heterocycles. The molecule has 1 aliphatic carbocycles. The van der Waals surface area contributed by atoms with E-state index < -0.39 is 5.41 Å². The van der Waals surface area contributed by atoms with Crippen molar-refractivity contribution in [3.63, 3.8) is 0 Å². The lowest BCUT2D eigenvalue weighted by atomic mass is 9.61. The van der Waals surface area contributed by atoms with Gasteiger partial charge in [0.25, 0.3) is 0 Å². The molecular formula is C13H22N2O3S. The first-order valence-corrected chi connectivity index (χ1v) is 6.78. The van der Waals surface area contributed by atoms with Crippen LogP contribution in [0.1, 0.15) is 26.7 Å². The van der Waals surface area contributed by atoms with Crippen molar-refractivity contribution in [2.75, 3.05) is 20.7 Å². The Labute approximate surface area is 119 Å². The largest absolute Gasteiger partial charge is 0.469 e. The number of esters is 1. The van der Waals surface area contributed by atoms with E-state index in [9.17, 15) is 9.59 Å². The van der Waals surface area contributed by atoms with E-state index in [1.165, 1.54) is 12.0 Å². The van der Waals surface area contributed by atoms with Gasteiger partial charge >= 0.3 is 5.97 Å². The summed E-state index contributed by atoms with van der Waals surface area (Å²) >= 11 is 5.06. The van der Waals surface area contributed by atoms with E-state index in [0.29, 0.717) is 25.3 Å². The van der Waals surface area contributed by atoms with Gasteiger partial charge in [0.1, 0.15) is 0 Å². The van der Waals surface area contributed by atoms with Crippen molar-refractivity contribution in [3.8, 4) is 0 Å². The van der Waals surface area contributed by atoms with Crippen LogP contribution in [0, 0.1) is 17.3 Å². The highest BCUT2D eigenvalue weighted by molar-refractivity contribution is 7.80. The Morgan fingerprint density at radius 2 is 2.05 bits per heavy atom. The van der Waals surface area contributed by atoms with Crippen LogP contribution in [-0.4, -0.2) is 42.5 Å². The summed E-state index contributed by atoms with van der Waals surface area (Å²) in [6.07, 6.45) is 1.39. The molecule has 0 radical (unpaired) electrons. The molecule has 1 amide bonds. The Kier molecular flexibility index (Phi) is 4.90. The highest BCUT2D eigenvalue weighted by atomic mass is 32.1. The number of ether oxygens (including phenoxy) is 1. The molecule has 108 valence electrons. The van der Waals surface area contributed by atoms with Gasteiger partial charge in [-0.3, -0.25) is 9.59 Å². The molecule has 0 aliphatic heterocycles. The average Bonchev–Trinajstić information content (AvgIpc) is 2.31. The van der Waals surface area contributed by atoms with Gasteiger partial charge in [-0.2, -0.15) is 0 Å². The van der Waals surface area contributed by atoms with Crippen LogP contribution < -0.4 is 5.73 Å². The zero-order valence-corrected chi connectivity index (χ0v) is 12.8. The van der Waals surface area contributed by atoms with Crippen LogP contribution in [0.4, 0.5) is 0 Å². The number of nitrogens with zero attached hydrogens (tertiary/aromatic N) is 1. The summed E-state index contributed by atoms with van der Waals surface area (Å²) in [5.74, 6) is -0.323. The molecular weight excluding hydrogens is 264 g/mol. The standard InChI is InChI=1S/C13H22N2O3S/c1-8-5-13(6-8,11(14)19)12(17)15(3)7-9(2)10(16)18-4/h8-9H,5-7H2,1-4H3,(H2,14,19). The number of hydrogen-bond acceptors (Lipinski definition) is 4. The van der Waals surface area contributed by atoms with Crippen LogP contribution in [0.3, 0.4) is 0 Å². The fourth-order valence-corrected chi connectivity index (χ4v) is 3.00. The minimum Gasteiger partial charge on any atom is -0.469 e. The fourth-order valence-electron chi connectivity index (χ4n) is 2.75. The molecule has 1 unspecified atom stereocenters. The van der Waals surface area contributed by atoms with E-state index in [1.54, 1.807) is 14.0 Å². The highest BCUT2D eigenvalue weighted by Gasteiger charge is 2.52. The van der Waals surface area contributed by atoms with Crippen molar-refractivity contribution in [2.24, 2.45) is 23.0 Å². The minimum absolute atomic E-state index is 0.0890. The van der Waals surface area contributed by atoms with Crippen LogP contribution in [0.25, 0.3) is 0 Å². The van der Waals surface area contributed by atoms with E-state index in [4.69, 9.17) is 18.0 Å². The Bertz CT molecular complexity index is 391. The maximum atomic E-state index is 12.5.